The van der Waals surface area contributed by atoms with Gasteiger partial charge in [-0.2, -0.15) is 0 Å². The summed E-state index contributed by atoms with van der Waals surface area (Å²) in [5, 5.41) is 7.18. The first-order chi connectivity index (χ1) is 8.43. The Balaban J connectivity index is 0.00000324. The molecular formula is C8H13NO7P2V. The molecule has 1 saturated heterocycles. The Kier molecular flexibility index (Phi) is 8.54. The Morgan fingerprint density at radius 2 is 1.95 bits per heavy atom. The Labute approximate surface area is 123 Å². The second-order valence-electron chi connectivity index (χ2n) is 3.25. The van der Waals surface area contributed by atoms with E-state index in [9.17, 15) is 14.4 Å². The molecule has 0 bridgehead atoms. The zero-order valence-electron chi connectivity index (χ0n) is 10.2. The van der Waals surface area contributed by atoms with Crippen LogP contribution in [0, 0.1) is 5.16 Å². The van der Waals surface area contributed by atoms with Crippen molar-refractivity contribution < 1.29 is 51.5 Å². The molecule has 11 heteroatoms. The van der Waals surface area contributed by atoms with E-state index in [-0.39, 0.29) is 24.7 Å². The molecule has 0 amide bonds. The molecule has 1 fully saturated rings. The van der Waals surface area contributed by atoms with E-state index in [1.54, 1.807) is 0 Å². The van der Waals surface area contributed by atoms with E-state index < -0.39 is 46.1 Å². The van der Waals surface area contributed by atoms with Gasteiger partial charge in [0.1, 0.15) is 15.5 Å². The van der Waals surface area contributed by atoms with Crippen molar-refractivity contribution in [3.8, 4) is 0 Å². The predicted molar refractivity (Wildman–Crippen MR) is 62.4 cm³/mol. The Bertz CT molecular complexity index is 391. The van der Waals surface area contributed by atoms with Crippen molar-refractivity contribution in [1.29, 1.82) is 5.16 Å². The number of nitrogens with one attached hydrogen (secondary N) is 1. The van der Waals surface area contributed by atoms with E-state index in [4.69, 9.17) is 9.47 Å². The number of methoxy groups -OCH3 is 1. The summed E-state index contributed by atoms with van der Waals surface area (Å²) in [6.45, 7) is 0.783. The first-order valence-electron chi connectivity index (χ1n) is 4.91. The number of hydrogen-bond donors (Lipinski definition) is 1. The maximum absolute atomic E-state index is 11.2. The van der Waals surface area contributed by atoms with Gasteiger partial charge in [-0.25, -0.2) is 9.59 Å². The molecule has 0 aromatic carbocycles. The summed E-state index contributed by atoms with van der Waals surface area (Å²) in [6, 6.07) is 0. The Morgan fingerprint density at radius 1 is 1.37 bits per heavy atom. The predicted octanol–water partition coefficient (Wildman–Crippen LogP) is 0.865. The average Bonchev–Trinajstić information content (AvgIpc) is 3.01. The fraction of sp³-hybridized carbons (Fsp3) is 0.625. The SMILES string of the molecule is COC(=O)C(C)OC(=O)COC(=O)CP1O[PH]1=N.[V]. The first kappa shape index (κ1) is 18.6. The number of carbonyl (C=O) groups excluding carboxylic acids is 3. The summed E-state index contributed by atoms with van der Waals surface area (Å²) in [7, 11) is -1.27. The van der Waals surface area contributed by atoms with Gasteiger partial charge in [0.2, 0.25) is 0 Å². The van der Waals surface area contributed by atoms with Crippen LogP contribution in [0.3, 0.4) is 0 Å². The van der Waals surface area contributed by atoms with Gasteiger partial charge in [0.15, 0.2) is 12.7 Å². The van der Waals surface area contributed by atoms with Crippen LogP contribution < -0.4 is 0 Å². The summed E-state index contributed by atoms with van der Waals surface area (Å²) in [4.78, 5) is 33.3. The molecule has 1 rings (SSSR count). The van der Waals surface area contributed by atoms with Crippen molar-refractivity contribution in [3.05, 3.63) is 0 Å². The molecule has 0 aromatic heterocycles. The van der Waals surface area contributed by atoms with Crippen LogP contribution in [0.15, 0.2) is 0 Å². The van der Waals surface area contributed by atoms with E-state index in [0.29, 0.717) is 0 Å². The van der Waals surface area contributed by atoms with Crippen molar-refractivity contribution in [3.63, 3.8) is 0 Å². The molecule has 1 aliphatic heterocycles. The fourth-order valence-corrected chi connectivity index (χ4v) is 4.08. The molecule has 0 aliphatic carbocycles. The minimum Gasteiger partial charge on any atom is -0.466 e. The summed E-state index contributed by atoms with van der Waals surface area (Å²) in [6.07, 6.45) is -1.01. The minimum absolute atomic E-state index is 0. The van der Waals surface area contributed by atoms with Gasteiger partial charge in [-0.15, -0.1) is 0 Å². The first-order valence-corrected chi connectivity index (χ1v) is 8.60. The van der Waals surface area contributed by atoms with Crippen molar-refractivity contribution in [2.75, 3.05) is 19.9 Å². The van der Waals surface area contributed by atoms with Gasteiger partial charge in [-0.1, -0.05) is 0 Å². The molecule has 3 atom stereocenters. The largest absolute Gasteiger partial charge is 0.466 e. The van der Waals surface area contributed by atoms with Crippen LogP contribution in [0.4, 0.5) is 0 Å². The standard InChI is InChI=1S/C8H13NO7P2.V/c1-5(8(12)13-2)15-6(10)3-14-7(11)4-17-16-18(17)9;/h5,9,18H,3-4H2,1-2H3;. The number of rotatable bonds is 6. The summed E-state index contributed by atoms with van der Waals surface area (Å²) in [5.41, 5.74) is 0. The quantitative estimate of drug-likeness (QED) is 0.328. The van der Waals surface area contributed by atoms with Gasteiger partial charge in [0, 0.05) is 18.6 Å². The molecule has 1 radical (unpaired) electrons. The molecule has 107 valence electrons. The third kappa shape index (κ3) is 7.09. The second kappa shape index (κ2) is 8.72. The van der Waals surface area contributed by atoms with Crippen molar-refractivity contribution >= 4 is 33.4 Å². The van der Waals surface area contributed by atoms with Gasteiger partial charge >= 0.3 is 17.9 Å². The van der Waals surface area contributed by atoms with Crippen LogP contribution in [0.2, 0.25) is 0 Å². The molecule has 0 spiro atoms. The van der Waals surface area contributed by atoms with Crippen molar-refractivity contribution in [2.45, 2.75) is 13.0 Å². The van der Waals surface area contributed by atoms with E-state index in [2.05, 4.69) is 14.2 Å². The molecular weight excluding hydrogens is 335 g/mol. The van der Waals surface area contributed by atoms with Crippen LogP contribution in [-0.2, 0) is 51.5 Å². The maximum Gasteiger partial charge on any atom is 0.346 e. The van der Waals surface area contributed by atoms with Crippen molar-refractivity contribution in [2.24, 2.45) is 0 Å². The molecule has 8 nitrogen and oxygen atoms in total. The molecule has 0 aromatic rings. The smallest absolute Gasteiger partial charge is 0.346 e. The summed E-state index contributed by atoms with van der Waals surface area (Å²) >= 11 is 0. The molecule has 1 heterocycles. The molecule has 1 aliphatic rings. The van der Waals surface area contributed by atoms with Gasteiger partial charge < -0.3 is 18.5 Å². The number of ether oxygens (including phenoxy) is 3. The minimum atomic E-state index is -1.50. The zero-order chi connectivity index (χ0) is 13.7. The molecule has 19 heavy (non-hydrogen) atoms. The second-order valence-corrected chi connectivity index (χ2v) is 8.38. The number of carbonyl (C=O) groups is 3. The van der Waals surface area contributed by atoms with Crippen LogP contribution in [0.5, 0.6) is 0 Å². The summed E-state index contributed by atoms with van der Waals surface area (Å²) in [5.74, 6) is -2.12. The maximum atomic E-state index is 11.2. The van der Waals surface area contributed by atoms with Gasteiger partial charge in [0.05, 0.1) is 13.3 Å². The Hall–Kier alpha value is -0.386. The normalized spacial score (nSPS) is 21.6. The molecule has 3 unspecified atom stereocenters. The molecule has 0 saturated carbocycles. The number of esters is 3. The monoisotopic (exact) mass is 348 g/mol. The van der Waals surface area contributed by atoms with Gasteiger partial charge in [-0.05, 0) is 6.92 Å². The van der Waals surface area contributed by atoms with Crippen LogP contribution in [0.1, 0.15) is 6.92 Å². The van der Waals surface area contributed by atoms with Crippen LogP contribution >= 0.6 is 15.5 Å². The summed E-state index contributed by atoms with van der Waals surface area (Å²) < 4.78 is 18.5. The van der Waals surface area contributed by atoms with Crippen LogP contribution in [0.25, 0.3) is 0 Å². The van der Waals surface area contributed by atoms with Crippen LogP contribution in [-0.4, -0.2) is 43.9 Å². The average molecular weight is 348 g/mol. The third-order valence-electron chi connectivity index (χ3n) is 1.86. The van der Waals surface area contributed by atoms with E-state index in [1.807, 2.05) is 0 Å². The van der Waals surface area contributed by atoms with E-state index in [1.165, 1.54) is 14.0 Å². The van der Waals surface area contributed by atoms with E-state index >= 15 is 0 Å². The molecule has 1 N–H and O–H groups in total. The van der Waals surface area contributed by atoms with E-state index in [0.717, 1.165) is 0 Å². The van der Waals surface area contributed by atoms with Crippen molar-refractivity contribution in [1.82, 2.24) is 0 Å². The number of hydrogen-bond acceptors (Lipinski definition) is 8. The van der Waals surface area contributed by atoms with Gasteiger partial charge in [-0.3, -0.25) is 9.96 Å². The zero-order valence-corrected chi connectivity index (χ0v) is 13.5. The Morgan fingerprint density at radius 3 is 2.42 bits per heavy atom. The third-order valence-corrected chi connectivity index (χ3v) is 6.00. The topological polar surface area (TPSA) is 115 Å². The van der Waals surface area contributed by atoms with Gasteiger partial charge in [0.25, 0.3) is 0 Å². The fourth-order valence-electron chi connectivity index (χ4n) is 0.936.